The van der Waals surface area contributed by atoms with Crippen LogP contribution in [0.15, 0.2) is 243 Å². The zero-order valence-electron chi connectivity index (χ0n) is 42.1. The number of hydrogen-bond donors (Lipinski definition) is 0. The van der Waals surface area contributed by atoms with Crippen molar-refractivity contribution in [3.8, 4) is 62.0 Å². The van der Waals surface area contributed by atoms with E-state index >= 15 is 0 Å². The number of aryl methyl sites for hydroxylation is 2. The maximum Gasteiger partial charge on any atom is 0.170 e. The number of nitrogens with zero attached hydrogens (tertiary/aromatic N) is 15. The number of imidazole rings is 2. The molecule has 6 aromatic heterocycles. The van der Waals surface area contributed by atoms with Crippen molar-refractivity contribution in [2.75, 3.05) is 0 Å². The summed E-state index contributed by atoms with van der Waals surface area (Å²) in [7, 11) is 3.93. The van der Waals surface area contributed by atoms with Crippen molar-refractivity contribution in [2.45, 2.75) is 0 Å². The number of aromatic nitrogens is 15. The van der Waals surface area contributed by atoms with Crippen molar-refractivity contribution in [1.29, 1.82) is 0 Å². The van der Waals surface area contributed by atoms with Crippen LogP contribution in [0.5, 0.6) is 0 Å². The van der Waals surface area contributed by atoms with E-state index in [1.54, 1.807) is 53.1 Å². The standard InChI is InChI=1S/C16H13N2.C10H9N2.C9H6NO.2C8H6N3.C7H5N4.6Ir/c1-18-11-16(17-12-18)15-9-5-8-14(10-15)13-6-3-2-4-7-13;1-12-7-10(11-8-12)9-5-3-2-4-6-9;1-2-4-8(5-3-1)9-6-11-7-10-9;1-2-4-8(5-3-1)11-7-6-9-10-11;1-2-4-8(5-3-1)11-9-6-7-10-11;1-2-4-7(5-3-1)11-6-8-9-10-11;;;;;;/h2-8,10-12H,1H3;2-5,7-8H,1H3;3*1-4,6-7H;1-4,6H;;;;;;/q6*-1;;;;;;. The zero-order chi connectivity index (χ0) is 50.8. The summed E-state index contributed by atoms with van der Waals surface area (Å²) in [5, 5.41) is 26.2. The Labute approximate surface area is 545 Å². The molecule has 6 heterocycles. The Kier molecular flexibility index (Phi) is 33.8. The van der Waals surface area contributed by atoms with Crippen LogP contribution in [0, 0.1) is 36.4 Å². The topological polar surface area (TPSA) is 167 Å². The molecule has 0 N–H and O–H groups in total. The van der Waals surface area contributed by atoms with Gasteiger partial charge in [0.25, 0.3) is 0 Å². The van der Waals surface area contributed by atoms with E-state index < -0.39 is 0 Å². The fraction of sp³-hybridized carbons (Fsp3) is 0.0345. The Morgan fingerprint density at radius 2 is 0.925 bits per heavy atom. The first-order valence-corrected chi connectivity index (χ1v) is 22.8. The summed E-state index contributed by atoms with van der Waals surface area (Å²) in [5.41, 5.74) is 10.8. The molecule has 0 saturated heterocycles. The van der Waals surface area contributed by atoms with Crippen LogP contribution < -0.4 is 0 Å². The molecule has 0 fully saturated rings. The first-order valence-electron chi connectivity index (χ1n) is 22.8. The van der Waals surface area contributed by atoms with E-state index in [-0.39, 0.29) is 121 Å². The average molecular weight is 2120 g/mol. The van der Waals surface area contributed by atoms with Crippen molar-refractivity contribution >= 4 is 0 Å². The molecular formula is C58H45Ir6N15O-6. The number of oxazole rings is 1. The van der Waals surface area contributed by atoms with E-state index in [2.05, 4.69) is 112 Å². The van der Waals surface area contributed by atoms with Gasteiger partial charge in [-0.3, -0.25) is 15.0 Å². The fourth-order valence-corrected chi connectivity index (χ4v) is 6.49. The summed E-state index contributed by atoms with van der Waals surface area (Å²) in [6.07, 6.45) is 18.8. The maximum absolute atomic E-state index is 4.84. The van der Waals surface area contributed by atoms with Gasteiger partial charge in [-0.2, -0.15) is 87.8 Å². The van der Waals surface area contributed by atoms with E-state index in [9.17, 15) is 0 Å². The van der Waals surface area contributed by atoms with Crippen molar-refractivity contribution in [1.82, 2.24) is 74.3 Å². The Morgan fingerprint density at radius 1 is 0.412 bits per heavy atom. The van der Waals surface area contributed by atoms with Crippen LogP contribution in [0.3, 0.4) is 0 Å². The summed E-state index contributed by atoms with van der Waals surface area (Å²) in [6.45, 7) is 0. The number of hydrogen-bond acceptors (Lipinski definition) is 11. The summed E-state index contributed by atoms with van der Waals surface area (Å²) in [4.78, 5) is 14.1. The first kappa shape index (κ1) is 69.5. The van der Waals surface area contributed by atoms with Gasteiger partial charge in [-0.1, -0.05) is 35.5 Å². The molecule has 6 radical (unpaired) electrons. The molecule has 7 aromatic carbocycles. The van der Waals surface area contributed by atoms with Crippen LogP contribution in [0.2, 0.25) is 0 Å². The smallest absolute Gasteiger partial charge is 0.170 e. The van der Waals surface area contributed by atoms with Crippen LogP contribution in [0.1, 0.15) is 0 Å². The molecule has 0 bridgehead atoms. The van der Waals surface area contributed by atoms with Gasteiger partial charge in [0, 0.05) is 158 Å². The van der Waals surface area contributed by atoms with E-state index in [0.717, 1.165) is 50.8 Å². The molecule has 0 aliphatic rings. The van der Waals surface area contributed by atoms with Crippen LogP contribution in [-0.2, 0) is 135 Å². The molecule has 16 nitrogen and oxygen atoms in total. The van der Waals surface area contributed by atoms with E-state index in [0.29, 0.717) is 0 Å². The average Bonchev–Trinajstić information content (AvgIpc) is 4.35. The van der Waals surface area contributed by atoms with Gasteiger partial charge in [0.15, 0.2) is 6.39 Å². The third-order valence-corrected chi connectivity index (χ3v) is 9.97. The Morgan fingerprint density at radius 3 is 1.39 bits per heavy atom. The number of tetrazole rings is 1. The number of benzene rings is 7. The van der Waals surface area contributed by atoms with Crippen LogP contribution in [0.4, 0.5) is 0 Å². The number of para-hydroxylation sites is 3. The van der Waals surface area contributed by atoms with Gasteiger partial charge < -0.3 is 13.6 Å². The molecule has 13 aromatic rings. The van der Waals surface area contributed by atoms with Gasteiger partial charge in [0.05, 0.1) is 37.5 Å². The molecule has 0 atom stereocenters. The maximum atomic E-state index is 4.84. The third-order valence-electron chi connectivity index (χ3n) is 9.97. The SMILES string of the molecule is Cn1cnc(-c2[c-]ccc(-c3ccccc3)c2)c1.Cn1cnc(-c2[c-]cccc2)c1.[Ir].[Ir].[Ir].[Ir].[Ir].[Ir].[c-]1ccccc1-c1cocn1.[c-]1ccccc1-n1ccnn1.[c-]1ccccc1-n1cnnn1.[c-]1ccccc1-n1nccn1. The second-order valence-electron chi connectivity index (χ2n) is 15.3. The first-order chi connectivity index (χ1) is 36.6. The fourth-order valence-electron chi connectivity index (χ4n) is 6.49. The summed E-state index contributed by atoms with van der Waals surface area (Å²) >= 11 is 0. The largest absolute Gasteiger partial charge is 0.462 e. The van der Waals surface area contributed by atoms with Crippen molar-refractivity contribution in [3.05, 3.63) is 275 Å². The van der Waals surface area contributed by atoms with Gasteiger partial charge >= 0.3 is 0 Å². The molecule has 13 rings (SSSR count). The van der Waals surface area contributed by atoms with Crippen LogP contribution in [-0.4, -0.2) is 74.3 Å². The van der Waals surface area contributed by atoms with Gasteiger partial charge in [-0.05, 0) is 45.4 Å². The van der Waals surface area contributed by atoms with Crippen molar-refractivity contribution in [2.24, 2.45) is 14.1 Å². The minimum Gasteiger partial charge on any atom is -0.462 e. The second kappa shape index (κ2) is 38.9. The van der Waals surface area contributed by atoms with Crippen LogP contribution >= 0.6 is 0 Å². The monoisotopic (exact) mass is 2130 g/mol. The van der Waals surface area contributed by atoms with Crippen LogP contribution in [0.25, 0.3) is 62.0 Å². The van der Waals surface area contributed by atoms with E-state index in [1.165, 1.54) is 28.6 Å². The second-order valence-corrected chi connectivity index (χ2v) is 15.3. The van der Waals surface area contributed by atoms with Gasteiger partial charge in [-0.15, -0.1) is 136 Å². The van der Waals surface area contributed by atoms with Gasteiger partial charge in [0.1, 0.15) is 6.33 Å². The molecule has 0 unspecified atom stereocenters. The summed E-state index contributed by atoms with van der Waals surface area (Å²) in [6, 6.07) is 73.1. The predicted octanol–water partition coefficient (Wildman–Crippen LogP) is 10.2. The quantitative estimate of drug-likeness (QED) is 0.139. The Balaban J connectivity index is 0.000000327. The summed E-state index contributed by atoms with van der Waals surface area (Å²) < 4.78 is 11.9. The minimum absolute atomic E-state index is 0. The molecule has 418 valence electrons. The van der Waals surface area contributed by atoms with Gasteiger partial charge in [0.2, 0.25) is 0 Å². The van der Waals surface area contributed by atoms with Crippen molar-refractivity contribution < 1.29 is 125 Å². The molecule has 80 heavy (non-hydrogen) atoms. The normalized spacial score (nSPS) is 9.28. The molecule has 0 amide bonds. The molecule has 0 aliphatic heterocycles. The molecule has 0 aliphatic carbocycles. The molecule has 0 spiro atoms. The van der Waals surface area contributed by atoms with Gasteiger partial charge in [-0.25, -0.2) is 9.36 Å². The Bertz CT molecular complexity index is 3230. The third kappa shape index (κ3) is 22.5. The predicted molar refractivity (Wildman–Crippen MR) is 280 cm³/mol. The molecule has 0 saturated carbocycles. The van der Waals surface area contributed by atoms with E-state index in [1.807, 2.05) is 181 Å². The number of rotatable bonds is 7. The Hall–Kier alpha value is -6.58. The summed E-state index contributed by atoms with van der Waals surface area (Å²) in [5.74, 6) is 0. The van der Waals surface area contributed by atoms with E-state index in [4.69, 9.17) is 4.42 Å². The zero-order valence-corrected chi connectivity index (χ0v) is 56.5. The molecule has 22 heteroatoms. The minimum atomic E-state index is 0. The molecular weight excluding hydrogens is 2080 g/mol. The van der Waals surface area contributed by atoms with Crippen molar-refractivity contribution in [3.63, 3.8) is 0 Å².